The fourth-order valence-corrected chi connectivity index (χ4v) is 4.35. The van der Waals surface area contributed by atoms with Gasteiger partial charge in [-0.15, -0.1) is 0 Å². The van der Waals surface area contributed by atoms with Gasteiger partial charge < -0.3 is 14.4 Å². The average Bonchev–Trinajstić information content (AvgIpc) is 3.17. The van der Waals surface area contributed by atoms with Crippen molar-refractivity contribution in [3.05, 3.63) is 81.8 Å². The van der Waals surface area contributed by atoms with Crippen LogP contribution in [0.5, 0.6) is 11.5 Å². The van der Waals surface area contributed by atoms with Crippen molar-refractivity contribution in [2.45, 2.75) is 19.4 Å². The van der Waals surface area contributed by atoms with Gasteiger partial charge in [-0.2, -0.15) is 4.98 Å². The van der Waals surface area contributed by atoms with Crippen LogP contribution in [0.1, 0.15) is 23.6 Å². The number of rotatable bonds is 5. The molecule has 33 heavy (non-hydrogen) atoms. The summed E-state index contributed by atoms with van der Waals surface area (Å²) in [4.78, 5) is 27.4. The van der Waals surface area contributed by atoms with Gasteiger partial charge in [-0.25, -0.2) is 4.98 Å². The monoisotopic (exact) mass is 440 g/mol. The fourth-order valence-electron chi connectivity index (χ4n) is 4.35. The van der Waals surface area contributed by atoms with Gasteiger partial charge in [0.05, 0.1) is 19.6 Å². The maximum absolute atomic E-state index is 13.2. The number of nitrogens with zero attached hydrogens (tertiary/aromatic N) is 3. The molecule has 166 valence electrons. The number of hydrogen-bond acceptors (Lipinski definition) is 6. The van der Waals surface area contributed by atoms with Crippen LogP contribution in [-0.4, -0.2) is 35.2 Å². The number of benzene rings is 2. The van der Waals surface area contributed by atoms with Crippen molar-refractivity contribution in [3.63, 3.8) is 0 Å². The van der Waals surface area contributed by atoms with Crippen molar-refractivity contribution in [1.29, 1.82) is 0 Å². The number of aromatic nitrogens is 3. The highest BCUT2D eigenvalue weighted by Gasteiger charge is 2.29. The third-order valence-electron chi connectivity index (χ3n) is 5.95. The molecule has 7 nitrogen and oxygen atoms in total. The van der Waals surface area contributed by atoms with E-state index in [0.29, 0.717) is 28.5 Å². The minimum Gasteiger partial charge on any atom is -0.497 e. The summed E-state index contributed by atoms with van der Waals surface area (Å²) in [6.45, 7) is 2.12. The SMILES string of the molecule is COc1ccc(/C=C/c2ccnc3nc(N4c5ccccc5C[C@H]4C)[nH]c(=O)c23)c(OC)c1. The van der Waals surface area contributed by atoms with Gasteiger partial charge in [0.2, 0.25) is 5.95 Å². The Balaban J connectivity index is 1.56. The number of hydrogen-bond donors (Lipinski definition) is 1. The smallest absolute Gasteiger partial charge is 0.262 e. The first-order valence-electron chi connectivity index (χ1n) is 10.8. The topological polar surface area (TPSA) is 80.3 Å². The third-order valence-corrected chi connectivity index (χ3v) is 5.95. The highest BCUT2D eigenvalue weighted by atomic mass is 16.5. The molecule has 7 heteroatoms. The van der Waals surface area contributed by atoms with E-state index in [4.69, 9.17) is 14.5 Å². The highest BCUT2D eigenvalue weighted by molar-refractivity contribution is 5.89. The summed E-state index contributed by atoms with van der Waals surface area (Å²) in [5.41, 5.74) is 4.09. The van der Waals surface area contributed by atoms with Crippen molar-refractivity contribution in [1.82, 2.24) is 15.0 Å². The zero-order chi connectivity index (χ0) is 22.9. The van der Waals surface area contributed by atoms with Gasteiger partial charge in [-0.3, -0.25) is 9.78 Å². The first-order valence-corrected chi connectivity index (χ1v) is 10.8. The quantitative estimate of drug-likeness (QED) is 0.489. The number of ether oxygens (including phenoxy) is 2. The van der Waals surface area contributed by atoms with E-state index in [1.54, 1.807) is 26.5 Å². The molecule has 2 aromatic carbocycles. The number of fused-ring (bicyclic) bond motifs is 2. The van der Waals surface area contributed by atoms with Crippen LogP contribution in [0.4, 0.5) is 11.6 Å². The largest absolute Gasteiger partial charge is 0.497 e. The van der Waals surface area contributed by atoms with Crippen LogP contribution < -0.4 is 19.9 Å². The lowest BCUT2D eigenvalue weighted by Crippen LogP contribution is -2.28. The molecule has 0 unspecified atom stereocenters. The molecule has 4 aromatic rings. The van der Waals surface area contributed by atoms with E-state index in [1.807, 2.05) is 42.5 Å². The van der Waals surface area contributed by atoms with Gasteiger partial charge >= 0.3 is 0 Å². The number of H-pyrrole nitrogens is 1. The van der Waals surface area contributed by atoms with Gasteiger partial charge in [-0.1, -0.05) is 30.4 Å². The van der Waals surface area contributed by atoms with Crippen molar-refractivity contribution >= 4 is 34.8 Å². The van der Waals surface area contributed by atoms with Gasteiger partial charge in [0.1, 0.15) is 11.5 Å². The zero-order valence-electron chi connectivity index (χ0n) is 18.7. The molecular weight excluding hydrogens is 416 g/mol. The number of aromatic amines is 1. The minimum atomic E-state index is -0.221. The van der Waals surface area contributed by atoms with Crippen LogP contribution in [-0.2, 0) is 6.42 Å². The molecule has 0 amide bonds. The lowest BCUT2D eigenvalue weighted by Gasteiger charge is -2.23. The Bertz CT molecular complexity index is 1430. The van der Waals surface area contributed by atoms with E-state index < -0.39 is 0 Å². The Morgan fingerprint density at radius 3 is 2.70 bits per heavy atom. The molecule has 0 bridgehead atoms. The van der Waals surface area contributed by atoms with Crippen LogP contribution in [0.3, 0.4) is 0 Å². The number of anilines is 2. The molecule has 1 aliphatic heterocycles. The summed E-state index contributed by atoms with van der Waals surface area (Å²) in [5, 5.41) is 0.449. The normalized spacial score (nSPS) is 15.2. The van der Waals surface area contributed by atoms with Gasteiger partial charge in [-0.05, 0) is 48.7 Å². The molecule has 1 aliphatic rings. The fraction of sp³-hybridized carbons (Fsp3) is 0.192. The molecule has 3 heterocycles. The summed E-state index contributed by atoms with van der Waals surface area (Å²) in [5.74, 6) is 1.90. The lowest BCUT2D eigenvalue weighted by atomic mass is 10.1. The van der Waals surface area contributed by atoms with E-state index in [-0.39, 0.29) is 11.6 Å². The van der Waals surface area contributed by atoms with Crippen LogP contribution in [0.15, 0.2) is 59.5 Å². The van der Waals surface area contributed by atoms with E-state index in [2.05, 4.69) is 33.9 Å². The number of nitrogens with one attached hydrogen (secondary N) is 1. The molecule has 5 rings (SSSR count). The Labute approximate surface area is 191 Å². The second kappa shape index (κ2) is 8.43. The van der Waals surface area contributed by atoms with E-state index in [1.165, 1.54) is 5.56 Å². The Kier molecular flexibility index (Phi) is 5.30. The molecule has 0 fully saturated rings. The van der Waals surface area contributed by atoms with Crippen molar-refractivity contribution in [2.24, 2.45) is 0 Å². The van der Waals surface area contributed by atoms with E-state index in [0.717, 1.165) is 23.2 Å². The zero-order valence-corrected chi connectivity index (χ0v) is 18.7. The molecule has 0 radical (unpaired) electrons. The molecule has 1 atom stereocenters. The van der Waals surface area contributed by atoms with Crippen LogP contribution in [0.25, 0.3) is 23.2 Å². The molecular formula is C26H24N4O3. The summed E-state index contributed by atoms with van der Waals surface area (Å²) in [6, 6.07) is 15.8. The van der Waals surface area contributed by atoms with Gasteiger partial charge in [0.25, 0.3) is 5.56 Å². The first-order chi connectivity index (χ1) is 16.1. The Morgan fingerprint density at radius 1 is 1.06 bits per heavy atom. The number of para-hydroxylation sites is 1. The molecule has 0 saturated carbocycles. The second-order valence-corrected chi connectivity index (χ2v) is 7.98. The summed E-state index contributed by atoms with van der Waals surface area (Å²) < 4.78 is 10.7. The average molecular weight is 441 g/mol. The predicted octanol–water partition coefficient (Wildman–Crippen LogP) is 4.59. The molecule has 1 N–H and O–H groups in total. The summed E-state index contributed by atoms with van der Waals surface area (Å²) in [7, 11) is 3.23. The molecule has 0 saturated heterocycles. The summed E-state index contributed by atoms with van der Waals surface area (Å²) in [6.07, 6.45) is 6.35. The van der Waals surface area contributed by atoms with E-state index >= 15 is 0 Å². The maximum Gasteiger partial charge on any atom is 0.262 e. The van der Waals surface area contributed by atoms with Gasteiger partial charge in [0, 0.05) is 29.6 Å². The number of pyridine rings is 1. The standard InChI is InChI=1S/C26H24N4O3/c1-16-14-19-6-4-5-7-21(19)30(16)26-28-24-23(25(31)29-26)18(12-13-27-24)9-8-17-10-11-20(32-2)15-22(17)33-3/h4-13,15-16H,14H2,1-3H3,(H,27,28,29,31)/b9-8+/t16-/m1/s1. The predicted molar refractivity (Wildman–Crippen MR) is 130 cm³/mol. The molecule has 0 spiro atoms. The van der Waals surface area contributed by atoms with Crippen molar-refractivity contribution in [2.75, 3.05) is 19.1 Å². The minimum absolute atomic E-state index is 0.189. The molecule has 2 aromatic heterocycles. The highest BCUT2D eigenvalue weighted by Crippen LogP contribution is 2.36. The van der Waals surface area contributed by atoms with Crippen molar-refractivity contribution in [3.8, 4) is 11.5 Å². The number of methoxy groups -OCH3 is 2. The van der Waals surface area contributed by atoms with Crippen LogP contribution >= 0.6 is 0 Å². The van der Waals surface area contributed by atoms with E-state index in [9.17, 15) is 4.79 Å². The van der Waals surface area contributed by atoms with Crippen molar-refractivity contribution < 1.29 is 9.47 Å². The first kappa shape index (κ1) is 20.8. The second-order valence-electron chi connectivity index (χ2n) is 7.98. The Morgan fingerprint density at radius 2 is 1.88 bits per heavy atom. The third kappa shape index (κ3) is 3.71. The molecule has 0 aliphatic carbocycles. The lowest BCUT2D eigenvalue weighted by molar-refractivity contribution is 0.394. The van der Waals surface area contributed by atoms with Crippen LogP contribution in [0.2, 0.25) is 0 Å². The maximum atomic E-state index is 13.2. The summed E-state index contributed by atoms with van der Waals surface area (Å²) >= 11 is 0. The van der Waals surface area contributed by atoms with Gasteiger partial charge in [0.15, 0.2) is 5.65 Å². The Hall–Kier alpha value is -4.13. The van der Waals surface area contributed by atoms with Crippen LogP contribution in [0, 0.1) is 0 Å².